The molecule has 2 rings (SSSR count). The van der Waals surface area contributed by atoms with Crippen LogP contribution in [-0.2, 0) is 16.1 Å². The van der Waals surface area contributed by atoms with Gasteiger partial charge in [0.25, 0.3) is 0 Å². The van der Waals surface area contributed by atoms with E-state index < -0.39 is 0 Å². The monoisotopic (exact) mass is 342 g/mol. The van der Waals surface area contributed by atoms with Gasteiger partial charge in [-0.25, -0.2) is 0 Å². The first-order chi connectivity index (χ1) is 9.56. The highest BCUT2D eigenvalue weighted by molar-refractivity contribution is 9.10. The van der Waals surface area contributed by atoms with Crippen LogP contribution in [-0.4, -0.2) is 39.6 Å². The van der Waals surface area contributed by atoms with Gasteiger partial charge in [0.15, 0.2) is 0 Å². The first kappa shape index (κ1) is 15.0. The van der Waals surface area contributed by atoms with E-state index in [1.807, 2.05) is 15.8 Å². The van der Waals surface area contributed by atoms with Crippen molar-refractivity contribution in [3.05, 3.63) is 16.9 Å². The zero-order chi connectivity index (χ0) is 14.5. The molecule has 0 atom stereocenters. The molecule has 2 N–H and O–H groups in total. The fourth-order valence-corrected chi connectivity index (χ4v) is 2.75. The van der Waals surface area contributed by atoms with Crippen molar-refractivity contribution >= 4 is 27.7 Å². The number of primary amides is 1. The van der Waals surface area contributed by atoms with E-state index in [2.05, 4.69) is 21.0 Å². The van der Waals surface area contributed by atoms with Crippen molar-refractivity contribution < 1.29 is 9.59 Å². The fourth-order valence-electron chi connectivity index (χ4n) is 2.42. The number of hydrogen-bond acceptors (Lipinski definition) is 3. The van der Waals surface area contributed by atoms with Gasteiger partial charge in [0, 0.05) is 38.2 Å². The molecule has 0 aromatic carbocycles. The summed E-state index contributed by atoms with van der Waals surface area (Å²) in [5, 5.41) is 4.15. The molecule has 1 aromatic heterocycles. The molecule has 0 spiro atoms. The first-order valence-electron chi connectivity index (χ1n) is 6.81. The summed E-state index contributed by atoms with van der Waals surface area (Å²) in [6.07, 6.45) is 6.28. The van der Waals surface area contributed by atoms with Gasteiger partial charge in [0.05, 0.1) is 10.7 Å². The molecule has 2 heterocycles. The lowest BCUT2D eigenvalue weighted by molar-refractivity contribution is -0.135. The van der Waals surface area contributed by atoms with E-state index in [0.29, 0.717) is 32.4 Å². The Kier molecular flexibility index (Phi) is 5.17. The number of nitrogens with two attached hydrogens (primary N) is 1. The van der Waals surface area contributed by atoms with E-state index in [9.17, 15) is 9.59 Å². The highest BCUT2D eigenvalue weighted by Gasteiger charge is 2.25. The normalized spacial score (nSPS) is 16.4. The highest BCUT2D eigenvalue weighted by atomic mass is 79.9. The zero-order valence-electron chi connectivity index (χ0n) is 11.3. The molecule has 1 saturated heterocycles. The summed E-state index contributed by atoms with van der Waals surface area (Å²) in [4.78, 5) is 24.9. The van der Waals surface area contributed by atoms with Crippen molar-refractivity contribution in [3.8, 4) is 0 Å². The van der Waals surface area contributed by atoms with Gasteiger partial charge in [-0.3, -0.25) is 14.3 Å². The molecule has 0 aliphatic carbocycles. The molecular formula is C13H19BrN4O2. The van der Waals surface area contributed by atoms with Gasteiger partial charge in [-0.2, -0.15) is 5.10 Å². The number of carbonyl (C=O) groups is 2. The minimum absolute atomic E-state index is 0.0690. The molecule has 0 radical (unpaired) electrons. The lowest BCUT2D eigenvalue weighted by atomic mass is 9.96. The SMILES string of the molecule is NC(=O)C1CCN(C(=O)CCCn2cc(Br)cn2)CC1. The summed E-state index contributed by atoms with van der Waals surface area (Å²) < 4.78 is 2.76. The Bertz CT molecular complexity index is 480. The van der Waals surface area contributed by atoms with Crippen LogP contribution in [0.3, 0.4) is 0 Å². The summed E-state index contributed by atoms with van der Waals surface area (Å²) in [5.74, 6) is -0.166. The molecule has 1 aliphatic heterocycles. The number of rotatable bonds is 5. The molecule has 0 bridgehead atoms. The summed E-state index contributed by atoms with van der Waals surface area (Å²) in [5.41, 5.74) is 5.28. The van der Waals surface area contributed by atoms with E-state index in [4.69, 9.17) is 5.73 Å². The Hall–Kier alpha value is -1.37. The average Bonchev–Trinajstić information content (AvgIpc) is 2.84. The Morgan fingerprint density at radius 3 is 2.65 bits per heavy atom. The van der Waals surface area contributed by atoms with Gasteiger partial charge in [-0.15, -0.1) is 0 Å². The average molecular weight is 343 g/mol. The van der Waals surface area contributed by atoms with Gasteiger partial charge < -0.3 is 10.6 Å². The third-order valence-electron chi connectivity index (χ3n) is 3.63. The molecule has 1 fully saturated rings. The summed E-state index contributed by atoms with van der Waals surface area (Å²) in [7, 11) is 0. The minimum Gasteiger partial charge on any atom is -0.369 e. The molecule has 0 unspecified atom stereocenters. The van der Waals surface area contributed by atoms with Crippen LogP contribution in [0.2, 0.25) is 0 Å². The second-order valence-corrected chi connectivity index (χ2v) is 6.00. The molecule has 20 heavy (non-hydrogen) atoms. The van der Waals surface area contributed by atoms with Gasteiger partial charge >= 0.3 is 0 Å². The standard InChI is InChI=1S/C13H19BrN4O2/c14-11-8-16-18(9-11)5-1-2-12(19)17-6-3-10(4-7-17)13(15)20/h8-10H,1-7H2,(H2,15,20). The third-order valence-corrected chi connectivity index (χ3v) is 4.04. The van der Waals surface area contributed by atoms with Crippen molar-refractivity contribution in [1.82, 2.24) is 14.7 Å². The summed E-state index contributed by atoms with van der Waals surface area (Å²) in [6.45, 7) is 2.01. The summed E-state index contributed by atoms with van der Waals surface area (Å²) in [6, 6.07) is 0. The van der Waals surface area contributed by atoms with Crippen LogP contribution in [0, 0.1) is 5.92 Å². The van der Waals surface area contributed by atoms with Crippen LogP contribution < -0.4 is 5.73 Å². The molecule has 6 nitrogen and oxygen atoms in total. The minimum atomic E-state index is -0.249. The Morgan fingerprint density at radius 2 is 2.10 bits per heavy atom. The second kappa shape index (κ2) is 6.88. The molecule has 0 saturated carbocycles. The maximum Gasteiger partial charge on any atom is 0.222 e. The first-order valence-corrected chi connectivity index (χ1v) is 7.60. The summed E-state index contributed by atoms with van der Waals surface area (Å²) >= 11 is 3.34. The molecule has 110 valence electrons. The van der Waals surface area contributed by atoms with E-state index in [0.717, 1.165) is 17.4 Å². The van der Waals surface area contributed by atoms with Crippen molar-refractivity contribution in [2.45, 2.75) is 32.2 Å². The molecular weight excluding hydrogens is 324 g/mol. The number of nitrogens with zero attached hydrogens (tertiary/aromatic N) is 3. The van der Waals surface area contributed by atoms with Gasteiger partial charge in [0.1, 0.15) is 0 Å². The molecule has 1 aromatic rings. The van der Waals surface area contributed by atoms with E-state index >= 15 is 0 Å². The maximum absolute atomic E-state index is 12.0. The predicted octanol–water partition coefficient (Wildman–Crippen LogP) is 1.15. The van der Waals surface area contributed by atoms with Crippen molar-refractivity contribution in [2.24, 2.45) is 11.7 Å². The Morgan fingerprint density at radius 1 is 1.40 bits per heavy atom. The second-order valence-electron chi connectivity index (χ2n) is 5.08. The topological polar surface area (TPSA) is 81.2 Å². The number of aromatic nitrogens is 2. The lowest BCUT2D eigenvalue weighted by Gasteiger charge is -2.30. The zero-order valence-corrected chi connectivity index (χ0v) is 12.9. The fraction of sp³-hybridized carbons (Fsp3) is 0.615. The third kappa shape index (κ3) is 4.06. The van der Waals surface area contributed by atoms with Crippen molar-refractivity contribution in [2.75, 3.05) is 13.1 Å². The quantitative estimate of drug-likeness (QED) is 0.871. The van der Waals surface area contributed by atoms with Crippen molar-refractivity contribution in [3.63, 3.8) is 0 Å². The number of piperidine rings is 1. The van der Waals surface area contributed by atoms with Crippen LogP contribution in [0.25, 0.3) is 0 Å². The number of carbonyl (C=O) groups excluding carboxylic acids is 2. The lowest BCUT2D eigenvalue weighted by Crippen LogP contribution is -2.41. The van der Waals surface area contributed by atoms with E-state index in [1.54, 1.807) is 6.20 Å². The van der Waals surface area contributed by atoms with Gasteiger partial charge in [-0.05, 0) is 35.2 Å². The number of amides is 2. The van der Waals surface area contributed by atoms with Crippen LogP contribution in [0.15, 0.2) is 16.9 Å². The number of aryl methyl sites for hydroxylation is 1. The van der Waals surface area contributed by atoms with Gasteiger partial charge in [-0.1, -0.05) is 0 Å². The molecule has 2 amide bonds. The Labute approximate surface area is 126 Å². The Balaban J connectivity index is 1.69. The number of hydrogen-bond donors (Lipinski definition) is 1. The highest BCUT2D eigenvalue weighted by Crippen LogP contribution is 2.17. The maximum atomic E-state index is 12.0. The van der Waals surface area contributed by atoms with Crippen LogP contribution in [0.5, 0.6) is 0 Å². The van der Waals surface area contributed by atoms with E-state index in [-0.39, 0.29) is 17.7 Å². The van der Waals surface area contributed by atoms with Crippen LogP contribution >= 0.6 is 15.9 Å². The van der Waals surface area contributed by atoms with E-state index in [1.165, 1.54) is 0 Å². The molecule has 1 aliphatic rings. The van der Waals surface area contributed by atoms with Crippen LogP contribution in [0.1, 0.15) is 25.7 Å². The van der Waals surface area contributed by atoms with Gasteiger partial charge in [0.2, 0.25) is 11.8 Å². The van der Waals surface area contributed by atoms with Crippen LogP contribution in [0.4, 0.5) is 0 Å². The smallest absolute Gasteiger partial charge is 0.222 e. The number of likely N-dealkylation sites (tertiary alicyclic amines) is 1. The molecule has 7 heteroatoms. The largest absolute Gasteiger partial charge is 0.369 e. The van der Waals surface area contributed by atoms with Crippen molar-refractivity contribution in [1.29, 1.82) is 0 Å². The predicted molar refractivity (Wildman–Crippen MR) is 77.7 cm³/mol. The number of halogens is 1.